The van der Waals surface area contributed by atoms with E-state index in [-0.39, 0.29) is 17.7 Å². The van der Waals surface area contributed by atoms with Crippen molar-refractivity contribution in [3.63, 3.8) is 0 Å². The Kier molecular flexibility index (Phi) is 6.99. The lowest BCUT2D eigenvalue weighted by Gasteiger charge is -2.09. The molecule has 3 aromatic rings. The molecule has 8 nitrogen and oxygen atoms in total. The quantitative estimate of drug-likeness (QED) is 0.534. The first-order valence-corrected chi connectivity index (χ1v) is 10.3. The Morgan fingerprint density at radius 3 is 2.39 bits per heavy atom. The fraction of sp³-hybridized carbons (Fsp3) is 0.182. The summed E-state index contributed by atoms with van der Waals surface area (Å²) < 4.78 is 10.2. The van der Waals surface area contributed by atoms with Crippen LogP contribution in [0.25, 0.3) is 0 Å². The van der Waals surface area contributed by atoms with E-state index in [1.54, 1.807) is 63.4 Å². The monoisotopic (exact) mass is 439 g/mol. The molecular weight excluding hydrogens is 418 g/mol. The van der Waals surface area contributed by atoms with Gasteiger partial charge >= 0.3 is 5.97 Å². The van der Waals surface area contributed by atoms with E-state index < -0.39 is 11.9 Å². The van der Waals surface area contributed by atoms with Crippen LogP contribution in [0.2, 0.25) is 0 Å². The van der Waals surface area contributed by atoms with Gasteiger partial charge in [0.1, 0.15) is 11.4 Å². The summed E-state index contributed by atoms with van der Waals surface area (Å²) in [6.07, 6.45) is -0.243. The Morgan fingerprint density at radius 2 is 1.71 bits per heavy atom. The molecular formula is C22H21N3O5S. The number of benzene rings is 2. The molecule has 1 heterocycles. The highest BCUT2D eigenvalue weighted by Crippen LogP contribution is 2.19. The van der Waals surface area contributed by atoms with Gasteiger partial charge < -0.3 is 14.8 Å². The van der Waals surface area contributed by atoms with Gasteiger partial charge in [-0.1, -0.05) is 6.07 Å². The van der Waals surface area contributed by atoms with Crippen LogP contribution in [0.15, 0.2) is 53.9 Å². The number of nitrogens with one attached hydrogen (secondary N) is 2. The highest BCUT2D eigenvalue weighted by molar-refractivity contribution is 7.14. The number of aromatic nitrogens is 1. The second-order valence-corrected chi connectivity index (χ2v) is 7.57. The number of carbonyl (C=O) groups excluding carboxylic acids is 3. The lowest BCUT2D eigenvalue weighted by molar-refractivity contribution is 0.0377. The van der Waals surface area contributed by atoms with E-state index in [1.165, 1.54) is 11.4 Å². The summed E-state index contributed by atoms with van der Waals surface area (Å²) in [5.41, 5.74) is 1.34. The number of carbonyl (C=O) groups is 3. The van der Waals surface area contributed by atoms with E-state index in [1.807, 2.05) is 0 Å². The number of nitrogens with zero attached hydrogens (tertiary/aromatic N) is 1. The second kappa shape index (κ2) is 9.86. The number of amides is 2. The molecule has 0 radical (unpaired) electrons. The van der Waals surface area contributed by atoms with Crippen molar-refractivity contribution in [2.45, 2.75) is 20.0 Å². The molecule has 0 saturated heterocycles. The fourth-order valence-electron chi connectivity index (χ4n) is 2.55. The minimum atomic E-state index is -0.469. The summed E-state index contributed by atoms with van der Waals surface area (Å²) in [6.45, 7) is 3.52. The van der Waals surface area contributed by atoms with Crippen LogP contribution in [0.5, 0.6) is 5.75 Å². The van der Waals surface area contributed by atoms with Crippen molar-refractivity contribution in [2.75, 3.05) is 17.7 Å². The van der Waals surface area contributed by atoms with Gasteiger partial charge in [0.25, 0.3) is 11.8 Å². The van der Waals surface area contributed by atoms with Crippen molar-refractivity contribution in [1.29, 1.82) is 0 Å². The van der Waals surface area contributed by atoms with E-state index in [9.17, 15) is 14.4 Å². The number of hydrogen-bond donors (Lipinski definition) is 2. The van der Waals surface area contributed by atoms with Gasteiger partial charge in [0, 0.05) is 16.6 Å². The summed E-state index contributed by atoms with van der Waals surface area (Å²) >= 11 is 1.13. The zero-order valence-electron chi connectivity index (χ0n) is 17.2. The van der Waals surface area contributed by atoms with Crippen molar-refractivity contribution in [3.8, 4) is 5.75 Å². The largest absolute Gasteiger partial charge is 0.497 e. The molecule has 0 fully saturated rings. The zero-order valence-corrected chi connectivity index (χ0v) is 18.0. The molecule has 0 bridgehead atoms. The lowest BCUT2D eigenvalue weighted by Crippen LogP contribution is -2.15. The molecule has 0 aliphatic rings. The van der Waals surface area contributed by atoms with E-state index in [4.69, 9.17) is 9.47 Å². The molecule has 0 aliphatic heterocycles. The van der Waals surface area contributed by atoms with E-state index >= 15 is 0 Å². The van der Waals surface area contributed by atoms with E-state index in [2.05, 4.69) is 15.6 Å². The summed E-state index contributed by atoms with van der Waals surface area (Å²) in [5, 5.41) is 7.18. The molecule has 1 aromatic heterocycles. The van der Waals surface area contributed by atoms with Gasteiger partial charge in [-0.15, -0.1) is 11.3 Å². The molecule has 0 atom stereocenters. The standard InChI is InChI=1S/C22H21N3O5S/c1-13(2)30-21(28)15-5-4-6-16(11-15)23-20(27)18-12-31-22(24-18)25-19(26)14-7-9-17(29-3)10-8-14/h4-13H,1-3H3,(H,23,27)(H,24,25,26). The van der Waals surface area contributed by atoms with Crippen molar-refractivity contribution >= 4 is 39.9 Å². The Labute approximate surface area is 183 Å². The SMILES string of the molecule is COc1ccc(C(=O)Nc2nc(C(=O)Nc3cccc(C(=O)OC(C)C)c3)cs2)cc1. The van der Waals surface area contributed by atoms with E-state index in [0.29, 0.717) is 27.7 Å². The van der Waals surface area contributed by atoms with Crippen molar-refractivity contribution in [2.24, 2.45) is 0 Å². The number of hydrogen-bond acceptors (Lipinski definition) is 7. The Bertz CT molecular complexity index is 1090. The number of methoxy groups -OCH3 is 1. The molecule has 9 heteroatoms. The molecule has 0 aliphatic carbocycles. The first-order valence-electron chi connectivity index (χ1n) is 9.39. The molecule has 160 valence electrons. The minimum absolute atomic E-state index is 0.144. The van der Waals surface area contributed by atoms with Gasteiger partial charge in [-0.25, -0.2) is 9.78 Å². The average molecular weight is 439 g/mol. The predicted octanol–water partition coefficient (Wildman–Crippen LogP) is 4.22. The number of thiazole rings is 1. The molecule has 0 spiro atoms. The summed E-state index contributed by atoms with van der Waals surface area (Å²) in [7, 11) is 1.55. The van der Waals surface area contributed by atoms with Crippen LogP contribution < -0.4 is 15.4 Å². The first kappa shape index (κ1) is 22.0. The summed E-state index contributed by atoms with van der Waals surface area (Å²) in [4.78, 5) is 41.0. The van der Waals surface area contributed by atoms with Gasteiger partial charge in [-0.2, -0.15) is 0 Å². The molecule has 2 aromatic carbocycles. The smallest absolute Gasteiger partial charge is 0.338 e. The van der Waals surface area contributed by atoms with Gasteiger partial charge in [0.2, 0.25) is 0 Å². The number of esters is 1. The minimum Gasteiger partial charge on any atom is -0.497 e. The van der Waals surface area contributed by atoms with Crippen molar-refractivity contribution in [3.05, 3.63) is 70.7 Å². The Hall–Kier alpha value is -3.72. The van der Waals surface area contributed by atoms with Gasteiger partial charge in [-0.05, 0) is 56.3 Å². The lowest BCUT2D eigenvalue weighted by atomic mass is 10.2. The zero-order chi connectivity index (χ0) is 22.4. The van der Waals surface area contributed by atoms with Gasteiger partial charge in [0.05, 0.1) is 18.8 Å². The first-order chi connectivity index (χ1) is 14.9. The maximum absolute atomic E-state index is 12.5. The van der Waals surface area contributed by atoms with Crippen LogP contribution >= 0.6 is 11.3 Å². The summed E-state index contributed by atoms with van der Waals surface area (Å²) in [5.74, 6) is -0.634. The van der Waals surface area contributed by atoms with Crippen molar-refractivity contribution in [1.82, 2.24) is 4.98 Å². The summed E-state index contributed by atoms with van der Waals surface area (Å²) in [6, 6.07) is 13.1. The molecule has 3 rings (SSSR count). The maximum Gasteiger partial charge on any atom is 0.338 e. The third-order valence-electron chi connectivity index (χ3n) is 4.01. The predicted molar refractivity (Wildman–Crippen MR) is 118 cm³/mol. The third-order valence-corrected chi connectivity index (χ3v) is 4.77. The average Bonchev–Trinajstić information content (AvgIpc) is 3.22. The number of rotatable bonds is 7. The molecule has 0 unspecified atom stereocenters. The fourth-order valence-corrected chi connectivity index (χ4v) is 3.23. The van der Waals surface area contributed by atoms with Crippen LogP contribution in [0, 0.1) is 0 Å². The van der Waals surface area contributed by atoms with Crippen LogP contribution in [0.1, 0.15) is 45.1 Å². The normalized spacial score (nSPS) is 10.5. The van der Waals surface area contributed by atoms with Crippen LogP contribution in [-0.2, 0) is 4.74 Å². The van der Waals surface area contributed by atoms with Crippen LogP contribution in [0.4, 0.5) is 10.8 Å². The Morgan fingerprint density at radius 1 is 0.968 bits per heavy atom. The molecule has 31 heavy (non-hydrogen) atoms. The van der Waals surface area contributed by atoms with E-state index in [0.717, 1.165) is 11.3 Å². The highest BCUT2D eigenvalue weighted by atomic mass is 32.1. The molecule has 2 amide bonds. The van der Waals surface area contributed by atoms with Crippen molar-refractivity contribution < 1.29 is 23.9 Å². The van der Waals surface area contributed by atoms with Gasteiger partial charge in [-0.3, -0.25) is 14.9 Å². The topological polar surface area (TPSA) is 107 Å². The maximum atomic E-state index is 12.5. The van der Waals surface area contributed by atoms with Gasteiger partial charge in [0.15, 0.2) is 5.13 Å². The number of anilines is 2. The Balaban J connectivity index is 1.63. The molecule has 2 N–H and O–H groups in total. The van der Waals surface area contributed by atoms with Crippen LogP contribution in [-0.4, -0.2) is 36.0 Å². The third kappa shape index (κ3) is 5.89. The number of ether oxygens (including phenoxy) is 2. The second-order valence-electron chi connectivity index (χ2n) is 6.71. The van der Waals surface area contributed by atoms with Crippen LogP contribution in [0.3, 0.4) is 0 Å². The molecule has 0 saturated carbocycles. The highest BCUT2D eigenvalue weighted by Gasteiger charge is 2.15.